The van der Waals surface area contributed by atoms with Crippen molar-refractivity contribution >= 4 is 43.5 Å². The van der Waals surface area contributed by atoms with E-state index in [2.05, 4.69) is 44.1 Å². The maximum atomic E-state index is 12.9. The van der Waals surface area contributed by atoms with Crippen LogP contribution in [0.3, 0.4) is 0 Å². The topological polar surface area (TPSA) is 56.8 Å². The molecule has 1 N–H and O–H groups in total. The van der Waals surface area contributed by atoms with E-state index in [0.29, 0.717) is 33.0 Å². The number of aryl methyl sites for hydroxylation is 1. The number of carbonyl (C=O) groups is 1. The van der Waals surface area contributed by atoms with Gasteiger partial charge in [-0.3, -0.25) is 4.79 Å². The standard InChI is InChI=1S/C20H23Br2NO4/c1-5-6-7-12-8-9-15(14(21)10-12)23-20(24)13-11-16(25-2)18(26-3)19(27-4)17(13)22/h8-11H,5-7H2,1-4H3,(H,23,24). The molecule has 7 heteroatoms. The van der Waals surface area contributed by atoms with Gasteiger partial charge in [-0.25, -0.2) is 0 Å². The van der Waals surface area contributed by atoms with Crippen LogP contribution in [-0.2, 0) is 6.42 Å². The Morgan fingerprint density at radius 1 is 1.04 bits per heavy atom. The van der Waals surface area contributed by atoms with Crippen molar-refractivity contribution in [3.8, 4) is 17.2 Å². The molecule has 2 rings (SSSR count). The third kappa shape index (κ3) is 4.96. The molecular weight excluding hydrogens is 478 g/mol. The number of rotatable bonds is 8. The van der Waals surface area contributed by atoms with Crippen LogP contribution in [0.15, 0.2) is 33.2 Å². The summed E-state index contributed by atoms with van der Waals surface area (Å²) in [6, 6.07) is 7.58. The number of unbranched alkanes of at least 4 members (excludes halogenated alkanes) is 1. The molecule has 0 aliphatic carbocycles. The van der Waals surface area contributed by atoms with E-state index in [1.807, 2.05) is 18.2 Å². The Balaban J connectivity index is 2.33. The van der Waals surface area contributed by atoms with E-state index in [1.54, 1.807) is 6.07 Å². The predicted molar refractivity (Wildman–Crippen MR) is 115 cm³/mol. The molecule has 0 radical (unpaired) electrons. The summed E-state index contributed by atoms with van der Waals surface area (Å²) >= 11 is 6.98. The van der Waals surface area contributed by atoms with Crippen LogP contribution in [-0.4, -0.2) is 27.2 Å². The number of hydrogen-bond donors (Lipinski definition) is 1. The molecule has 0 aromatic heterocycles. The van der Waals surface area contributed by atoms with Crippen molar-refractivity contribution in [2.24, 2.45) is 0 Å². The van der Waals surface area contributed by atoms with Crippen molar-refractivity contribution in [3.05, 3.63) is 44.3 Å². The number of nitrogens with one attached hydrogen (secondary N) is 1. The molecular formula is C20H23Br2NO4. The van der Waals surface area contributed by atoms with E-state index in [9.17, 15) is 4.79 Å². The summed E-state index contributed by atoms with van der Waals surface area (Å²) in [4.78, 5) is 12.9. The summed E-state index contributed by atoms with van der Waals surface area (Å²) in [6.45, 7) is 2.17. The smallest absolute Gasteiger partial charge is 0.257 e. The molecule has 0 spiro atoms. The number of amides is 1. The first kappa shape index (κ1) is 21.6. The molecule has 0 aliphatic rings. The largest absolute Gasteiger partial charge is 0.493 e. The zero-order valence-corrected chi connectivity index (χ0v) is 19.0. The van der Waals surface area contributed by atoms with Gasteiger partial charge in [-0.05, 0) is 68.5 Å². The molecule has 0 unspecified atom stereocenters. The molecule has 0 saturated carbocycles. The highest BCUT2D eigenvalue weighted by atomic mass is 79.9. The third-order valence-electron chi connectivity index (χ3n) is 4.11. The number of hydrogen-bond acceptors (Lipinski definition) is 4. The first-order valence-corrected chi connectivity index (χ1v) is 10.1. The highest BCUT2D eigenvalue weighted by Crippen LogP contribution is 2.45. The minimum atomic E-state index is -0.289. The molecule has 0 saturated heterocycles. The predicted octanol–water partition coefficient (Wildman–Crippen LogP) is 5.83. The molecule has 1 amide bonds. The van der Waals surface area contributed by atoms with E-state index in [0.717, 1.165) is 23.7 Å². The van der Waals surface area contributed by atoms with E-state index in [-0.39, 0.29) is 5.91 Å². The fourth-order valence-corrected chi connectivity index (χ4v) is 3.83. The molecule has 0 atom stereocenters. The second-order valence-corrected chi connectivity index (χ2v) is 7.53. The minimum absolute atomic E-state index is 0.289. The Hall–Kier alpha value is -1.73. The Bertz CT molecular complexity index is 824. The molecule has 2 aromatic rings. The van der Waals surface area contributed by atoms with Gasteiger partial charge in [0.15, 0.2) is 11.5 Å². The van der Waals surface area contributed by atoms with Gasteiger partial charge < -0.3 is 19.5 Å². The van der Waals surface area contributed by atoms with Crippen LogP contribution in [0.4, 0.5) is 5.69 Å². The van der Waals surface area contributed by atoms with E-state index >= 15 is 0 Å². The van der Waals surface area contributed by atoms with Crippen molar-refractivity contribution < 1.29 is 19.0 Å². The van der Waals surface area contributed by atoms with Gasteiger partial charge in [0, 0.05) is 4.47 Å². The van der Waals surface area contributed by atoms with Crippen molar-refractivity contribution in [2.45, 2.75) is 26.2 Å². The van der Waals surface area contributed by atoms with Crippen LogP contribution in [0, 0.1) is 0 Å². The minimum Gasteiger partial charge on any atom is -0.493 e. The number of anilines is 1. The SMILES string of the molecule is CCCCc1ccc(NC(=O)c2cc(OC)c(OC)c(OC)c2Br)c(Br)c1. The van der Waals surface area contributed by atoms with Crippen LogP contribution < -0.4 is 19.5 Å². The summed E-state index contributed by atoms with van der Waals surface area (Å²) in [5, 5.41) is 2.92. The fourth-order valence-electron chi connectivity index (χ4n) is 2.67. The second kappa shape index (κ2) is 9.99. The molecule has 5 nitrogen and oxygen atoms in total. The summed E-state index contributed by atoms with van der Waals surface area (Å²) in [5.74, 6) is 0.945. The molecule has 0 fully saturated rings. The third-order valence-corrected chi connectivity index (χ3v) is 5.56. The molecule has 27 heavy (non-hydrogen) atoms. The number of halogens is 2. The highest BCUT2D eigenvalue weighted by molar-refractivity contribution is 9.11. The lowest BCUT2D eigenvalue weighted by Crippen LogP contribution is -2.14. The zero-order valence-electron chi connectivity index (χ0n) is 15.8. The maximum Gasteiger partial charge on any atom is 0.257 e. The van der Waals surface area contributed by atoms with Crippen molar-refractivity contribution in [2.75, 3.05) is 26.6 Å². The van der Waals surface area contributed by atoms with Gasteiger partial charge in [0.25, 0.3) is 5.91 Å². The maximum absolute atomic E-state index is 12.9. The van der Waals surface area contributed by atoms with Gasteiger partial charge in [-0.1, -0.05) is 19.4 Å². The number of methoxy groups -OCH3 is 3. The van der Waals surface area contributed by atoms with Gasteiger partial charge in [0.2, 0.25) is 5.75 Å². The van der Waals surface area contributed by atoms with Crippen LogP contribution in [0.2, 0.25) is 0 Å². The molecule has 146 valence electrons. The van der Waals surface area contributed by atoms with Crippen molar-refractivity contribution in [1.82, 2.24) is 0 Å². The molecule has 0 heterocycles. The average Bonchev–Trinajstić information content (AvgIpc) is 2.67. The highest BCUT2D eigenvalue weighted by Gasteiger charge is 2.23. The number of carbonyl (C=O) groups excluding carboxylic acids is 1. The molecule has 2 aromatic carbocycles. The zero-order chi connectivity index (χ0) is 20.0. The Labute approximate surface area is 176 Å². The van der Waals surface area contributed by atoms with Crippen LogP contribution in [0.25, 0.3) is 0 Å². The van der Waals surface area contributed by atoms with E-state index in [4.69, 9.17) is 14.2 Å². The van der Waals surface area contributed by atoms with E-state index < -0.39 is 0 Å². The van der Waals surface area contributed by atoms with Gasteiger partial charge in [-0.15, -0.1) is 0 Å². The first-order valence-electron chi connectivity index (χ1n) is 8.55. The molecule has 0 bridgehead atoms. The van der Waals surface area contributed by atoms with Crippen molar-refractivity contribution in [3.63, 3.8) is 0 Å². The Morgan fingerprint density at radius 2 is 1.74 bits per heavy atom. The van der Waals surface area contributed by atoms with Crippen molar-refractivity contribution in [1.29, 1.82) is 0 Å². The quantitative estimate of drug-likeness (QED) is 0.495. The lowest BCUT2D eigenvalue weighted by molar-refractivity contribution is 0.102. The lowest BCUT2D eigenvalue weighted by Gasteiger charge is -2.17. The summed E-state index contributed by atoms with van der Waals surface area (Å²) in [6.07, 6.45) is 3.30. The second-order valence-electron chi connectivity index (χ2n) is 5.88. The normalized spacial score (nSPS) is 10.4. The number of ether oxygens (including phenoxy) is 3. The average molecular weight is 501 g/mol. The van der Waals surface area contributed by atoms with Gasteiger partial charge in [0.05, 0.1) is 37.1 Å². The van der Waals surface area contributed by atoms with Gasteiger partial charge in [-0.2, -0.15) is 0 Å². The van der Waals surface area contributed by atoms with Gasteiger partial charge in [0.1, 0.15) is 0 Å². The monoisotopic (exact) mass is 499 g/mol. The summed E-state index contributed by atoms with van der Waals surface area (Å²) in [7, 11) is 4.54. The first-order chi connectivity index (χ1) is 13.0. The summed E-state index contributed by atoms with van der Waals surface area (Å²) < 4.78 is 17.4. The molecule has 0 aliphatic heterocycles. The van der Waals surface area contributed by atoms with Crippen LogP contribution in [0.1, 0.15) is 35.7 Å². The van der Waals surface area contributed by atoms with Crippen LogP contribution >= 0.6 is 31.9 Å². The lowest BCUT2D eigenvalue weighted by atomic mass is 10.1. The fraction of sp³-hybridized carbons (Fsp3) is 0.350. The van der Waals surface area contributed by atoms with Crippen LogP contribution in [0.5, 0.6) is 17.2 Å². The Kier molecular flexibility index (Phi) is 7.98. The number of benzene rings is 2. The summed E-state index contributed by atoms with van der Waals surface area (Å²) in [5.41, 5.74) is 2.31. The van der Waals surface area contributed by atoms with E-state index in [1.165, 1.54) is 26.9 Å². The Morgan fingerprint density at radius 3 is 2.30 bits per heavy atom. The van der Waals surface area contributed by atoms with Gasteiger partial charge >= 0.3 is 0 Å².